The number of carbonyl (C=O) groups excluding carboxylic acids is 1. The monoisotopic (exact) mass is 242 g/mol. The topological polar surface area (TPSA) is 66.6 Å². The van der Waals surface area contributed by atoms with Gasteiger partial charge in [-0.05, 0) is 38.1 Å². The van der Waals surface area contributed by atoms with E-state index in [0.29, 0.717) is 12.3 Å². The fraction of sp³-hybridized carbons (Fsp3) is 0.923. The third kappa shape index (κ3) is 4.64. The molecule has 4 nitrogen and oxygen atoms in total. The lowest BCUT2D eigenvalue weighted by atomic mass is 9.91. The van der Waals surface area contributed by atoms with Crippen molar-refractivity contribution in [1.29, 1.82) is 0 Å². The van der Waals surface area contributed by atoms with Gasteiger partial charge >= 0.3 is 0 Å². The molecule has 1 aliphatic rings. The second kappa shape index (κ2) is 6.36. The molecule has 100 valence electrons. The second-order valence-electron chi connectivity index (χ2n) is 5.35. The fourth-order valence-electron chi connectivity index (χ4n) is 2.64. The molecule has 0 bridgehead atoms. The average molecular weight is 242 g/mol. The van der Waals surface area contributed by atoms with Crippen molar-refractivity contribution in [2.45, 2.75) is 51.6 Å². The van der Waals surface area contributed by atoms with Gasteiger partial charge in [0.05, 0.1) is 5.60 Å². The van der Waals surface area contributed by atoms with Gasteiger partial charge in [-0.25, -0.2) is 0 Å². The van der Waals surface area contributed by atoms with Crippen LogP contribution in [0.2, 0.25) is 0 Å². The maximum Gasteiger partial charge on any atom is 0.217 e. The summed E-state index contributed by atoms with van der Waals surface area (Å²) < 4.78 is 0. The number of likely N-dealkylation sites (tertiary alicyclic amines) is 1. The zero-order chi connectivity index (χ0) is 12.9. The zero-order valence-electron chi connectivity index (χ0n) is 11.1. The smallest absolute Gasteiger partial charge is 0.217 e. The summed E-state index contributed by atoms with van der Waals surface area (Å²) in [5.74, 6) is 0.164. The molecule has 1 atom stereocenters. The molecule has 1 aliphatic heterocycles. The quantitative estimate of drug-likeness (QED) is 0.733. The molecule has 17 heavy (non-hydrogen) atoms. The van der Waals surface area contributed by atoms with Gasteiger partial charge in [0.1, 0.15) is 0 Å². The molecular weight excluding hydrogens is 216 g/mol. The first-order valence-corrected chi connectivity index (χ1v) is 6.72. The van der Waals surface area contributed by atoms with E-state index in [1.165, 1.54) is 0 Å². The molecule has 1 saturated heterocycles. The van der Waals surface area contributed by atoms with Crippen LogP contribution in [0.1, 0.15) is 46.0 Å². The van der Waals surface area contributed by atoms with E-state index in [0.717, 1.165) is 45.3 Å². The summed E-state index contributed by atoms with van der Waals surface area (Å²) in [4.78, 5) is 13.2. The Hall–Kier alpha value is -0.610. The Kier molecular flexibility index (Phi) is 5.40. The Bertz CT molecular complexity index is 252. The summed E-state index contributed by atoms with van der Waals surface area (Å²) in [6, 6.07) is 0. The van der Waals surface area contributed by atoms with Crippen molar-refractivity contribution in [2.24, 2.45) is 11.7 Å². The number of hydrogen-bond acceptors (Lipinski definition) is 3. The Morgan fingerprint density at radius 2 is 2.12 bits per heavy atom. The van der Waals surface area contributed by atoms with Crippen LogP contribution in [0, 0.1) is 5.92 Å². The van der Waals surface area contributed by atoms with E-state index < -0.39 is 5.60 Å². The summed E-state index contributed by atoms with van der Waals surface area (Å²) in [6.07, 6.45) is 4.21. The van der Waals surface area contributed by atoms with Crippen LogP contribution in [-0.2, 0) is 4.79 Å². The van der Waals surface area contributed by atoms with Gasteiger partial charge in [0.2, 0.25) is 5.91 Å². The van der Waals surface area contributed by atoms with Crippen LogP contribution in [0.4, 0.5) is 0 Å². The summed E-state index contributed by atoms with van der Waals surface area (Å²) in [5, 5.41) is 10.3. The molecule has 0 radical (unpaired) electrons. The summed E-state index contributed by atoms with van der Waals surface area (Å²) >= 11 is 0. The van der Waals surface area contributed by atoms with Gasteiger partial charge in [0.15, 0.2) is 0 Å². The number of primary amides is 1. The van der Waals surface area contributed by atoms with Crippen LogP contribution in [0.5, 0.6) is 0 Å². The van der Waals surface area contributed by atoms with Crippen molar-refractivity contribution < 1.29 is 9.90 Å². The highest BCUT2D eigenvalue weighted by Gasteiger charge is 2.29. The van der Waals surface area contributed by atoms with Gasteiger partial charge in [0, 0.05) is 19.5 Å². The molecule has 1 fully saturated rings. The average Bonchev–Trinajstić information content (AvgIpc) is 2.28. The van der Waals surface area contributed by atoms with Gasteiger partial charge in [-0.3, -0.25) is 4.79 Å². The minimum absolute atomic E-state index is 0.210. The van der Waals surface area contributed by atoms with Crippen LogP contribution in [0.3, 0.4) is 0 Å². The zero-order valence-corrected chi connectivity index (χ0v) is 11.1. The number of piperidine rings is 1. The molecule has 1 unspecified atom stereocenters. The lowest BCUT2D eigenvalue weighted by Gasteiger charge is -2.37. The first kappa shape index (κ1) is 14.5. The molecule has 3 N–H and O–H groups in total. The van der Waals surface area contributed by atoms with Gasteiger partial charge in [-0.15, -0.1) is 0 Å². The van der Waals surface area contributed by atoms with Gasteiger partial charge in [0.25, 0.3) is 0 Å². The highest BCUT2D eigenvalue weighted by atomic mass is 16.3. The maximum absolute atomic E-state index is 10.9. The Balaban J connectivity index is 2.46. The van der Waals surface area contributed by atoms with E-state index in [9.17, 15) is 9.90 Å². The lowest BCUT2D eigenvalue weighted by molar-refractivity contribution is -0.119. The number of rotatable bonds is 6. The Labute approximate surface area is 104 Å². The van der Waals surface area contributed by atoms with E-state index in [4.69, 9.17) is 5.73 Å². The van der Waals surface area contributed by atoms with Crippen molar-refractivity contribution in [1.82, 2.24) is 4.90 Å². The number of β-amino-alcohol motifs (C(OH)–C–C–N with tert-alkyl or cyclic N) is 1. The highest BCUT2D eigenvalue weighted by Crippen LogP contribution is 2.23. The number of amides is 1. The summed E-state index contributed by atoms with van der Waals surface area (Å²) in [6.45, 7) is 6.68. The third-order valence-corrected chi connectivity index (χ3v) is 3.93. The maximum atomic E-state index is 10.9. The van der Waals surface area contributed by atoms with E-state index >= 15 is 0 Å². The van der Waals surface area contributed by atoms with Crippen LogP contribution in [0.15, 0.2) is 0 Å². The van der Waals surface area contributed by atoms with Crippen molar-refractivity contribution >= 4 is 5.91 Å². The molecule has 1 heterocycles. The SMILES string of the molecule is CCC(O)(CC)CN1CCCC(CC(N)=O)C1. The van der Waals surface area contributed by atoms with Crippen LogP contribution >= 0.6 is 0 Å². The molecule has 1 amide bonds. The minimum Gasteiger partial charge on any atom is -0.389 e. The largest absolute Gasteiger partial charge is 0.389 e. The van der Waals surface area contributed by atoms with Gasteiger partial charge < -0.3 is 15.7 Å². The van der Waals surface area contributed by atoms with Crippen molar-refractivity contribution in [3.8, 4) is 0 Å². The van der Waals surface area contributed by atoms with E-state index in [1.807, 2.05) is 13.8 Å². The van der Waals surface area contributed by atoms with Crippen molar-refractivity contribution in [2.75, 3.05) is 19.6 Å². The highest BCUT2D eigenvalue weighted by molar-refractivity contribution is 5.74. The number of nitrogens with two attached hydrogens (primary N) is 1. The molecule has 0 spiro atoms. The number of hydrogen-bond donors (Lipinski definition) is 2. The van der Waals surface area contributed by atoms with Crippen LogP contribution in [0.25, 0.3) is 0 Å². The Morgan fingerprint density at radius 1 is 1.47 bits per heavy atom. The number of carbonyl (C=O) groups is 1. The standard InChI is InChI=1S/C13H26N2O2/c1-3-13(17,4-2)10-15-7-5-6-11(9-15)8-12(14)16/h11,17H,3-10H2,1-2H3,(H2,14,16). The molecule has 0 aromatic rings. The van der Waals surface area contributed by atoms with Crippen molar-refractivity contribution in [3.05, 3.63) is 0 Å². The molecule has 4 heteroatoms. The van der Waals surface area contributed by atoms with E-state index in [-0.39, 0.29) is 5.91 Å². The summed E-state index contributed by atoms with van der Waals surface area (Å²) in [7, 11) is 0. The third-order valence-electron chi connectivity index (χ3n) is 3.93. The summed E-state index contributed by atoms with van der Waals surface area (Å²) in [5.41, 5.74) is 4.67. The lowest BCUT2D eigenvalue weighted by Crippen LogP contribution is -2.46. The van der Waals surface area contributed by atoms with Crippen molar-refractivity contribution in [3.63, 3.8) is 0 Å². The van der Waals surface area contributed by atoms with Gasteiger partial charge in [-0.1, -0.05) is 13.8 Å². The van der Waals surface area contributed by atoms with E-state index in [1.54, 1.807) is 0 Å². The predicted molar refractivity (Wildman–Crippen MR) is 68.5 cm³/mol. The van der Waals surface area contributed by atoms with Crippen LogP contribution in [-0.4, -0.2) is 41.1 Å². The molecule has 0 saturated carbocycles. The first-order chi connectivity index (χ1) is 7.99. The number of aliphatic hydroxyl groups is 1. The first-order valence-electron chi connectivity index (χ1n) is 6.72. The molecule has 0 aromatic heterocycles. The normalized spacial score (nSPS) is 22.6. The second-order valence-corrected chi connectivity index (χ2v) is 5.35. The van der Waals surface area contributed by atoms with E-state index in [2.05, 4.69) is 4.90 Å². The molecule has 1 rings (SSSR count). The van der Waals surface area contributed by atoms with Crippen LogP contribution < -0.4 is 5.73 Å². The molecule has 0 aliphatic carbocycles. The Morgan fingerprint density at radius 3 is 2.65 bits per heavy atom. The molecular formula is C13H26N2O2. The number of nitrogens with zero attached hydrogens (tertiary/aromatic N) is 1. The fourth-order valence-corrected chi connectivity index (χ4v) is 2.64. The van der Waals surface area contributed by atoms with Gasteiger partial charge in [-0.2, -0.15) is 0 Å². The molecule has 0 aromatic carbocycles. The predicted octanol–water partition coefficient (Wildman–Crippen LogP) is 1.12. The minimum atomic E-state index is -0.575.